The fourth-order valence-corrected chi connectivity index (χ4v) is 6.89. The van der Waals surface area contributed by atoms with Crippen LogP contribution in [0.5, 0.6) is 0 Å². The Morgan fingerprint density at radius 3 is 2.10 bits per heavy atom. The van der Waals surface area contributed by atoms with Crippen molar-refractivity contribution in [2.24, 2.45) is 0 Å². The van der Waals surface area contributed by atoms with Gasteiger partial charge in [0.25, 0.3) is 0 Å². The fraction of sp³-hybridized carbons (Fsp3) is 0.394. The summed E-state index contributed by atoms with van der Waals surface area (Å²) in [5, 5.41) is 3.23. The highest BCUT2D eigenvalue weighted by atomic mass is 79.9. The van der Waals surface area contributed by atoms with Crippen molar-refractivity contribution in [1.29, 1.82) is 0 Å². The number of anilines is 1. The third kappa shape index (κ3) is 8.44. The van der Waals surface area contributed by atoms with Crippen molar-refractivity contribution >= 4 is 43.5 Å². The van der Waals surface area contributed by atoms with Crippen molar-refractivity contribution in [2.75, 3.05) is 17.1 Å². The van der Waals surface area contributed by atoms with Crippen LogP contribution in [0.2, 0.25) is 0 Å². The lowest BCUT2D eigenvalue weighted by Crippen LogP contribution is -2.55. The van der Waals surface area contributed by atoms with Gasteiger partial charge in [-0.1, -0.05) is 95.9 Å². The minimum atomic E-state index is -3.82. The van der Waals surface area contributed by atoms with Crippen LogP contribution < -0.4 is 9.62 Å². The standard InChI is InChI=1S/C33H40BrN3O4S/c1-24-11-10-12-25(2)32(24)37(42(3,40)41)23-31(38)36(22-27-17-19-28(34)20-18-27)30(21-26-13-6-4-7-14-26)33(39)35-29-15-8-5-9-16-29/h4,6-7,10-14,17-20,29-30H,5,8-9,15-16,21-23H2,1-3H3,(H,35,39). The number of nitrogens with zero attached hydrogens (tertiary/aromatic N) is 2. The second-order valence-electron chi connectivity index (χ2n) is 11.2. The monoisotopic (exact) mass is 653 g/mol. The van der Waals surface area contributed by atoms with Crippen LogP contribution in [0.25, 0.3) is 0 Å². The maximum absolute atomic E-state index is 14.3. The highest BCUT2D eigenvalue weighted by Crippen LogP contribution is 2.28. The number of carbonyl (C=O) groups is 2. The van der Waals surface area contributed by atoms with Gasteiger partial charge in [0.2, 0.25) is 21.8 Å². The zero-order chi connectivity index (χ0) is 30.3. The second kappa shape index (κ2) is 14.3. The molecule has 0 spiro atoms. The first kappa shape index (κ1) is 31.8. The van der Waals surface area contributed by atoms with Crippen LogP contribution in [-0.4, -0.2) is 50.0 Å². The highest BCUT2D eigenvalue weighted by Gasteiger charge is 2.34. The summed E-state index contributed by atoms with van der Waals surface area (Å²) in [6.07, 6.45) is 6.54. The van der Waals surface area contributed by atoms with Gasteiger partial charge in [0.1, 0.15) is 12.6 Å². The van der Waals surface area contributed by atoms with E-state index in [-0.39, 0.29) is 18.5 Å². The molecule has 1 unspecified atom stereocenters. The number of rotatable bonds is 11. The predicted octanol–water partition coefficient (Wildman–Crippen LogP) is 5.92. The van der Waals surface area contributed by atoms with Gasteiger partial charge in [-0.2, -0.15) is 0 Å². The number of hydrogen-bond donors (Lipinski definition) is 1. The molecule has 2 amide bonds. The molecule has 1 saturated carbocycles. The lowest BCUT2D eigenvalue weighted by molar-refractivity contribution is -0.140. The predicted molar refractivity (Wildman–Crippen MR) is 172 cm³/mol. The van der Waals surface area contributed by atoms with E-state index in [4.69, 9.17) is 0 Å². The molecule has 4 rings (SSSR count). The van der Waals surface area contributed by atoms with Gasteiger partial charge in [-0.25, -0.2) is 8.42 Å². The van der Waals surface area contributed by atoms with Gasteiger partial charge in [0, 0.05) is 23.5 Å². The maximum atomic E-state index is 14.3. The fourth-order valence-electron chi connectivity index (χ4n) is 5.66. The van der Waals surface area contributed by atoms with Crippen LogP contribution in [-0.2, 0) is 32.6 Å². The van der Waals surface area contributed by atoms with Crippen LogP contribution in [0.3, 0.4) is 0 Å². The maximum Gasteiger partial charge on any atom is 0.244 e. The molecule has 3 aromatic carbocycles. The lowest BCUT2D eigenvalue weighted by atomic mass is 9.94. The van der Waals surface area contributed by atoms with Crippen LogP contribution >= 0.6 is 15.9 Å². The van der Waals surface area contributed by atoms with Gasteiger partial charge in [-0.05, 0) is 61.1 Å². The summed E-state index contributed by atoms with van der Waals surface area (Å²) in [6, 6.07) is 22.0. The summed E-state index contributed by atoms with van der Waals surface area (Å²) < 4.78 is 28.3. The Balaban J connectivity index is 1.74. The first-order chi connectivity index (χ1) is 20.0. The molecule has 9 heteroatoms. The molecule has 1 aliphatic carbocycles. The molecule has 1 atom stereocenters. The summed E-state index contributed by atoms with van der Waals surface area (Å²) in [6.45, 7) is 3.41. The van der Waals surface area contributed by atoms with Crippen molar-refractivity contribution in [3.63, 3.8) is 0 Å². The number of benzene rings is 3. The summed E-state index contributed by atoms with van der Waals surface area (Å²) in [5.74, 6) is -0.653. The molecule has 42 heavy (non-hydrogen) atoms. The zero-order valence-corrected chi connectivity index (χ0v) is 27.0. The summed E-state index contributed by atoms with van der Waals surface area (Å²) >= 11 is 3.47. The number of carbonyl (C=O) groups excluding carboxylic acids is 2. The number of halogens is 1. The number of amides is 2. The average Bonchev–Trinajstić information content (AvgIpc) is 2.95. The van der Waals surface area contributed by atoms with Gasteiger partial charge >= 0.3 is 0 Å². The summed E-state index contributed by atoms with van der Waals surface area (Å²) in [4.78, 5) is 29.9. The molecule has 1 aliphatic rings. The zero-order valence-electron chi connectivity index (χ0n) is 24.6. The smallest absolute Gasteiger partial charge is 0.244 e. The molecule has 0 bridgehead atoms. The van der Waals surface area contributed by atoms with Gasteiger partial charge in [-0.3, -0.25) is 13.9 Å². The minimum absolute atomic E-state index is 0.0660. The van der Waals surface area contributed by atoms with Gasteiger partial charge in [0.15, 0.2) is 0 Å². The van der Waals surface area contributed by atoms with Crippen molar-refractivity contribution in [3.8, 4) is 0 Å². The molecule has 0 aliphatic heterocycles. The van der Waals surface area contributed by atoms with Gasteiger partial charge in [0.05, 0.1) is 11.9 Å². The number of nitrogens with one attached hydrogen (secondary N) is 1. The SMILES string of the molecule is Cc1cccc(C)c1N(CC(=O)N(Cc1ccc(Br)cc1)C(Cc1ccccc1)C(=O)NC1CCCCC1)S(C)(=O)=O. The Bertz CT molecular complexity index is 1450. The molecule has 1 N–H and O–H groups in total. The van der Waals surface area contributed by atoms with E-state index in [1.807, 2.05) is 86.6 Å². The quantitative estimate of drug-likeness (QED) is 0.278. The first-order valence-electron chi connectivity index (χ1n) is 14.4. The molecule has 3 aromatic rings. The normalized spacial score (nSPS) is 14.7. The van der Waals surface area contributed by atoms with Crippen molar-refractivity contribution in [1.82, 2.24) is 10.2 Å². The topological polar surface area (TPSA) is 86.8 Å². The van der Waals surface area contributed by atoms with E-state index in [2.05, 4.69) is 21.2 Å². The van der Waals surface area contributed by atoms with Gasteiger partial charge < -0.3 is 10.2 Å². The minimum Gasteiger partial charge on any atom is -0.352 e. The first-order valence-corrected chi connectivity index (χ1v) is 17.1. The van der Waals surface area contributed by atoms with E-state index in [0.717, 1.165) is 65.1 Å². The number of sulfonamides is 1. The molecule has 0 aromatic heterocycles. The Morgan fingerprint density at radius 2 is 1.50 bits per heavy atom. The lowest BCUT2D eigenvalue weighted by Gasteiger charge is -2.35. The summed E-state index contributed by atoms with van der Waals surface area (Å²) in [5.41, 5.74) is 3.76. The number of hydrogen-bond acceptors (Lipinski definition) is 4. The van der Waals surface area contributed by atoms with Crippen LogP contribution in [0.1, 0.15) is 54.4 Å². The Hall–Kier alpha value is -3.17. The largest absolute Gasteiger partial charge is 0.352 e. The molecule has 0 radical (unpaired) electrons. The summed E-state index contributed by atoms with van der Waals surface area (Å²) in [7, 11) is -3.82. The van der Waals surface area contributed by atoms with E-state index in [0.29, 0.717) is 12.1 Å². The van der Waals surface area contributed by atoms with Crippen molar-refractivity contribution in [3.05, 3.63) is 99.5 Å². The molecular formula is C33H40BrN3O4S. The molecule has 0 saturated heterocycles. The van der Waals surface area contributed by atoms with Crippen molar-refractivity contribution < 1.29 is 18.0 Å². The molecule has 7 nitrogen and oxygen atoms in total. The molecular weight excluding hydrogens is 614 g/mol. The van der Waals surface area contributed by atoms with E-state index in [9.17, 15) is 18.0 Å². The third-order valence-corrected chi connectivity index (χ3v) is 9.50. The van der Waals surface area contributed by atoms with E-state index in [1.54, 1.807) is 4.90 Å². The Morgan fingerprint density at radius 1 is 0.881 bits per heavy atom. The van der Waals surface area contributed by atoms with E-state index < -0.39 is 28.5 Å². The van der Waals surface area contributed by atoms with Crippen LogP contribution in [0, 0.1) is 13.8 Å². The number of para-hydroxylation sites is 1. The van der Waals surface area contributed by atoms with Crippen LogP contribution in [0.15, 0.2) is 77.3 Å². The Kier molecular flexibility index (Phi) is 10.8. The van der Waals surface area contributed by atoms with Crippen LogP contribution in [0.4, 0.5) is 5.69 Å². The van der Waals surface area contributed by atoms with E-state index in [1.165, 1.54) is 4.31 Å². The molecule has 1 fully saturated rings. The van der Waals surface area contributed by atoms with Gasteiger partial charge in [-0.15, -0.1) is 0 Å². The molecule has 0 heterocycles. The highest BCUT2D eigenvalue weighted by molar-refractivity contribution is 9.10. The third-order valence-electron chi connectivity index (χ3n) is 7.86. The van der Waals surface area contributed by atoms with E-state index >= 15 is 0 Å². The average molecular weight is 655 g/mol. The Labute approximate surface area is 258 Å². The number of aryl methyl sites for hydroxylation is 2. The van der Waals surface area contributed by atoms with Crippen molar-refractivity contribution in [2.45, 2.75) is 71.0 Å². The molecule has 224 valence electrons. The second-order valence-corrected chi connectivity index (χ2v) is 14.0.